The van der Waals surface area contributed by atoms with E-state index in [0.717, 1.165) is 0 Å². The van der Waals surface area contributed by atoms with Crippen LogP contribution < -0.4 is 4.74 Å². The van der Waals surface area contributed by atoms with Crippen molar-refractivity contribution in [3.05, 3.63) is 29.6 Å². The predicted octanol–water partition coefficient (Wildman–Crippen LogP) is 3.11. The molecule has 0 fully saturated rings. The summed E-state index contributed by atoms with van der Waals surface area (Å²) in [5.74, 6) is -0.269. The number of ether oxygens (including phenoxy) is 1. The van der Waals surface area contributed by atoms with E-state index in [1.807, 2.05) is 20.8 Å². The van der Waals surface area contributed by atoms with Crippen LogP contribution in [0.3, 0.4) is 0 Å². The van der Waals surface area contributed by atoms with Gasteiger partial charge in [0.1, 0.15) is 11.0 Å². The Morgan fingerprint density at radius 1 is 1.39 bits per heavy atom. The van der Waals surface area contributed by atoms with Gasteiger partial charge in [0.2, 0.25) is 0 Å². The first-order valence-corrected chi connectivity index (χ1v) is 6.67. The summed E-state index contributed by atoms with van der Waals surface area (Å²) >= 11 is 0. The van der Waals surface area contributed by atoms with Crippen LogP contribution in [0.15, 0.2) is 22.6 Å². The molecule has 1 aromatic carbocycles. The monoisotopic (exact) mass is 271 g/mol. The van der Waals surface area contributed by atoms with Gasteiger partial charge in [-0.25, -0.2) is 8.60 Å². The molecule has 0 aliphatic rings. The molecule has 0 amide bonds. The molecule has 0 spiro atoms. The number of halogens is 1. The summed E-state index contributed by atoms with van der Waals surface area (Å²) in [6, 6.07) is 4.46. The van der Waals surface area contributed by atoms with Crippen LogP contribution in [-0.2, 0) is 11.0 Å². The van der Waals surface area contributed by atoms with Crippen LogP contribution in [0.5, 0.6) is 5.75 Å². The maximum absolute atomic E-state index is 13.3. The molecule has 0 saturated carbocycles. The van der Waals surface area contributed by atoms with E-state index in [0.29, 0.717) is 11.3 Å². The van der Waals surface area contributed by atoms with Gasteiger partial charge < -0.3 is 4.74 Å². The first-order valence-electron chi connectivity index (χ1n) is 5.57. The molecule has 0 N–H and O–H groups in total. The minimum Gasteiger partial charge on any atom is -0.494 e. The highest BCUT2D eigenvalue weighted by Gasteiger charge is 2.19. The number of nitrogens with zero attached hydrogens (tertiary/aromatic N) is 1. The molecule has 100 valence electrons. The SMILES string of the molecule is COc1cc(/C(C)=N/[S@@](=O)C(C)(C)C)ccc1F. The third-order valence-corrected chi connectivity index (χ3v) is 3.80. The molecule has 0 aliphatic heterocycles. The van der Waals surface area contributed by atoms with E-state index in [-0.39, 0.29) is 5.75 Å². The normalized spacial score (nSPS) is 14.4. The molecule has 0 bridgehead atoms. The molecule has 18 heavy (non-hydrogen) atoms. The summed E-state index contributed by atoms with van der Waals surface area (Å²) in [6.45, 7) is 7.30. The van der Waals surface area contributed by atoms with Crippen molar-refractivity contribution in [1.82, 2.24) is 0 Å². The summed E-state index contributed by atoms with van der Waals surface area (Å²) in [7, 11) is 0.0763. The van der Waals surface area contributed by atoms with Crippen LogP contribution >= 0.6 is 0 Å². The first kappa shape index (κ1) is 14.8. The summed E-state index contributed by atoms with van der Waals surface area (Å²) in [5.41, 5.74) is 1.30. The summed E-state index contributed by atoms with van der Waals surface area (Å²) in [5, 5.41) is 0. The van der Waals surface area contributed by atoms with Crippen LogP contribution in [0.2, 0.25) is 0 Å². The average Bonchev–Trinajstić information content (AvgIpc) is 2.28. The molecule has 5 heteroatoms. The van der Waals surface area contributed by atoms with Crippen molar-refractivity contribution in [2.45, 2.75) is 32.4 Å². The number of hydrogen-bond donors (Lipinski definition) is 0. The topological polar surface area (TPSA) is 38.7 Å². The second kappa shape index (κ2) is 5.61. The van der Waals surface area contributed by atoms with Crippen molar-refractivity contribution in [3.63, 3.8) is 0 Å². The van der Waals surface area contributed by atoms with E-state index in [1.165, 1.54) is 13.2 Å². The van der Waals surface area contributed by atoms with Crippen molar-refractivity contribution >= 4 is 16.7 Å². The number of benzene rings is 1. The Hall–Kier alpha value is -1.23. The number of methoxy groups -OCH3 is 1. The quantitative estimate of drug-likeness (QED) is 0.792. The van der Waals surface area contributed by atoms with Crippen LogP contribution in [0.4, 0.5) is 4.39 Å². The van der Waals surface area contributed by atoms with Gasteiger partial charge in [-0.15, -0.1) is 0 Å². The fraction of sp³-hybridized carbons (Fsp3) is 0.462. The van der Waals surface area contributed by atoms with E-state index in [1.54, 1.807) is 19.1 Å². The molecule has 0 heterocycles. The van der Waals surface area contributed by atoms with Crippen molar-refractivity contribution in [1.29, 1.82) is 0 Å². The van der Waals surface area contributed by atoms with Gasteiger partial charge >= 0.3 is 0 Å². The van der Waals surface area contributed by atoms with E-state index in [4.69, 9.17) is 4.74 Å². The van der Waals surface area contributed by atoms with Crippen molar-refractivity contribution in [2.75, 3.05) is 7.11 Å². The molecule has 1 aromatic rings. The lowest BCUT2D eigenvalue weighted by atomic mass is 10.1. The Balaban J connectivity index is 3.08. The minimum absolute atomic E-state index is 0.156. The summed E-state index contributed by atoms with van der Waals surface area (Å²) in [6.07, 6.45) is 0. The zero-order chi connectivity index (χ0) is 13.9. The van der Waals surface area contributed by atoms with Gasteiger partial charge in [0, 0.05) is 5.56 Å². The predicted molar refractivity (Wildman–Crippen MR) is 73.1 cm³/mol. The summed E-state index contributed by atoms with van der Waals surface area (Å²) < 4.78 is 33.8. The Bertz CT molecular complexity index is 492. The van der Waals surface area contributed by atoms with Crippen LogP contribution in [0, 0.1) is 5.82 Å². The molecular weight excluding hydrogens is 253 g/mol. The number of rotatable bonds is 3. The zero-order valence-electron chi connectivity index (χ0n) is 11.3. The Kier molecular flexibility index (Phi) is 4.62. The minimum atomic E-state index is -1.33. The van der Waals surface area contributed by atoms with Crippen molar-refractivity contribution in [3.8, 4) is 5.75 Å². The summed E-state index contributed by atoms with van der Waals surface area (Å²) in [4.78, 5) is 0. The van der Waals surface area contributed by atoms with Gasteiger partial charge in [-0.1, -0.05) is 0 Å². The first-order chi connectivity index (χ1) is 8.25. The Morgan fingerprint density at radius 3 is 2.50 bits per heavy atom. The average molecular weight is 271 g/mol. The van der Waals surface area contributed by atoms with Crippen molar-refractivity contribution in [2.24, 2.45) is 4.40 Å². The maximum Gasteiger partial charge on any atom is 0.165 e. The highest BCUT2D eigenvalue weighted by molar-refractivity contribution is 7.85. The lowest BCUT2D eigenvalue weighted by Gasteiger charge is -2.14. The van der Waals surface area contributed by atoms with Gasteiger partial charge in [-0.2, -0.15) is 4.40 Å². The maximum atomic E-state index is 13.3. The third-order valence-electron chi connectivity index (χ3n) is 2.31. The van der Waals surface area contributed by atoms with Gasteiger partial charge in [0.15, 0.2) is 11.6 Å². The smallest absolute Gasteiger partial charge is 0.165 e. The molecule has 0 radical (unpaired) electrons. The van der Waals surface area contributed by atoms with E-state index in [9.17, 15) is 8.60 Å². The fourth-order valence-corrected chi connectivity index (χ4v) is 1.83. The van der Waals surface area contributed by atoms with E-state index >= 15 is 0 Å². The molecule has 0 saturated heterocycles. The van der Waals surface area contributed by atoms with E-state index < -0.39 is 21.5 Å². The molecule has 3 nitrogen and oxygen atoms in total. The highest BCUT2D eigenvalue weighted by atomic mass is 32.2. The van der Waals surface area contributed by atoms with Gasteiger partial charge in [-0.05, 0) is 45.9 Å². The Morgan fingerprint density at radius 2 is 2.00 bits per heavy atom. The lowest BCUT2D eigenvalue weighted by Crippen LogP contribution is -2.20. The van der Waals surface area contributed by atoms with E-state index in [2.05, 4.69) is 4.40 Å². The Labute approximate surface area is 110 Å². The van der Waals surface area contributed by atoms with Crippen molar-refractivity contribution < 1.29 is 13.3 Å². The van der Waals surface area contributed by atoms with Crippen LogP contribution in [0.1, 0.15) is 33.3 Å². The molecule has 0 aliphatic carbocycles. The molecule has 0 unspecified atom stereocenters. The molecule has 0 aromatic heterocycles. The van der Waals surface area contributed by atoms with Gasteiger partial charge in [0.25, 0.3) is 0 Å². The van der Waals surface area contributed by atoms with Gasteiger partial charge in [-0.3, -0.25) is 0 Å². The standard InChI is InChI=1S/C13H18FNO2S/c1-9(15-18(16)13(2,3)4)10-6-7-11(14)12(8-10)17-5/h6-8H,1-5H3/b15-9+/t18-/m0/s1. The molecule has 1 atom stereocenters. The lowest BCUT2D eigenvalue weighted by molar-refractivity contribution is 0.386. The second-order valence-electron chi connectivity index (χ2n) is 4.89. The fourth-order valence-electron chi connectivity index (χ4n) is 1.20. The second-order valence-corrected chi connectivity index (χ2v) is 6.79. The highest BCUT2D eigenvalue weighted by Crippen LogP contribution is 2.20. The van der Waals surface area contributed by atoms with Gasteiger partial charge in [0.05, 0.1) is 17.6 Å². The van der Waals surface area contributed by atoms with Crippen LogP contribution in [0.25, 0.3) is 0 Å². The zero-order valence-corrected chi connectivity index (χ0v) is 12.1. The third kappa shape index (κ3) is 3.63. The van der Waals surface area contributed by atoms with Crippen LogP contribution in [-0.4, -0.2) is 21.8 Å². The largest absolute Gasteiger partial charge is 0.494 e. The number of hydrogen-bond acceptors (Lipinski definition) is 2. The molecular formula is C13H18FNO2S. The molecule has 1 rings (SSSR count).